The maximum atomic E-state index is 8.93. The Balaban J connectivity index is -0.000000150. The Morgan fingerprint density at radius 3 is 0.587 bits per heavy atom. The number of aromatic nitrogens is 8. The topological polar surface area (TPSA) is 350 Å². The molecule has 0 atom stereocenters. The Morgan fingerprint density at radius 1 is 0.413 bits per heavy atom. The molecule has 4 heterocycles. The predicted octanol–water partition coefficient (Wildman–Crippen LogP) is -2.47. The van der Waals surface area contributed by atoms with Gasteiger partial charge in [-0.25, -0.2) is 39.9 Å². The van der Waals surface area contributed by atoms with Gasteiger partial charge in [0.05, 0.1) is 11.9 Å². The molecule has 0 aromatic carbocycles. The molecule has 0 saturated heterocycles. The van der Waals surface area contributed by atoms with Crippen LogP contribution >= 0.6 is 0 Å². The number of carboxylic acids is 2. The molecule has 0 saturated carbocycles. The normalized spacial score (nSPS) is 8.43. The number of hydrogen-bond donors (Lipinski definition) is 4. The molecule has 0 spiro atoms. The number of aryl methyl sites for hydroxylation is 8. The third-order valence-electron chi connectivity index (χ3n) is 4.16. The monoisotopic (exact) mass is 830 g/mol. The van der Waals surface area contributed by atoms with Crippen molar-refractivity contribution in [3.05, 3.63) is 69.8 Å². The Kier molecular flexibility index (Phi) is 29.2. The number of nitrogens with zero attached hydrogens (tertiary/aromatic N) is 8. The van der Waals surface area contributed by atoms with Gasteiger partial charge in [0, 0.05) is 45.6 Å². The molecule has 262 valence electrons. The molecule has 0 aliphatic rings. The second-order valence-corrected chi connectivity index (χ2v) is 8.61. The second-order valence-electron chi connectivity index (χ2n) is 8.61. The van der Waals surface area contributed by atoms with Gasteiger partial charge in [0.1, 0.15) is 0 Å². The third-order valence-corrected chi connectivity index (χ3v) is 4.16. The average Bonchev–Trinajstić information content (AvgIpc) is 2.77. The van der Waals surface area contributed by atoms with Crippen molar-refractivity contribution in [2.45, 2.75) is 55.4 Å². The van der Waals surface area contributed by atoms with Crippen molar-refractivity contribution in [3.63, 3.8) is 0 Å². The van der Waals surface area contributed by atoms with Crippen LogP contribution in [0, 0.1) is 55.4 Å². The summed E-state index contributed by atoms with van der Waals surface area (Å²) in [4.78, 5) is 49.1. The van der Waals surface area contributed by atoms with Crippen LogP contribution < -0.4 is 33.1 Å². The number of nitrogens with two attached hydrogens (primary N) is 4. The van der Waals surface area contributed by atoms with Gasteiger partial charge in [-0.15, -0.1) is 0 Å². The summed E-state index contributed by atoms with van der Waals surface area (Å²) in [5.41, 5.74) is 28.7. The standard InChI is InChI=1S/4C6H9N3.C2H2O4.2Ag.2H2O/c4*1-4-3-5(2)9-6(7)8-4;3-1(4)2(5)6;;;;/h4*3H,1-2H3,(H2,7,8,9);(H,3,4)(H,5,6);;;2*1H2/q;;;;;2*+1;;/p-2. The quantitative estimate of drug-likeness (QED) is 0.105. The molecule has 0 bridgehead atoms. The molecule has 0 amide bonds. The van der Waals surface area contributed by atoms with E-state index in [-0.39, 0.29) is 55.7 Å². The molecule has 4 rings (SSSR count). The van der Waals surface area contributed by atoms with Crippen LogP contribution in [0.4, 0.5) is 23.8 Å². The molecule has 20 heteroatoms. The first-order valence-corrected chi connectivity index (χ1v) is 12.1. The van der Waals surface area contributed by atoms with Gasteiger partial charge < -0.3 is 53.7 Å². The number of aliphatic carboxylic acids is 2. The van der Waals surface area contributed by atoms with E-state index < -0.39 is 11.9 Å². The molecule has 46 heavy (non-hydrogen) atoms. The average molecular weight is 832 g/mol. The van der Waals surface area contributed by atoms with Gasteiger partial charge in [0.2, 0.25) is 23.8 Å². The fraction of sp³-hybridized carbons (Fsp3) is 0.308. The summed E-state index contributed by atoms with van der Waals surface area (Å²) < 4.78 is 0. The van der Waals surface area contributed by atoms with Crippen LogP contribution in [-0.4, -0.2) is 62.8 Å². The summed E-state index contributed by atoms with van der Waals surface area (Å²) >= 11 is 0. The second kappa shape index (κ2) is 26.1. The number of carboxylic acid groups (broad SMARTS) is 2. The van der Waals surface area contributed by atoms with E-state index in [4.69, 9.17) is 42.7 Å². The number of anilines is 4. The molecule has 0 fully saturated rings. The van der Waals surface area contributed by atoms with Crippen molar-refractivity contribution < 1.29 is 75.5 Å². The van der Waals surface area contributed by atoms with Crippen molar-refractivity contribution in [2.75, 3.05) is 22.9 Å². The van der Waals surface area contributed by atoms with Crippen LogP contribution in [0.1, 0.15) is 45.6 Å². The summed E-state index contributed by atoms with van der Waals surface area (Å²) in [6, 6.07) is 7.54. The number of carbonyl (C=O) groups is 2. The summed E-state index contributed by atoms with van der Waals surface area (Å²) in [5.74, 6) is -2.95. The molecule has 0 radical (unpaired) electrons. The van der Waals surface area contributed by atoms with Crippen molar-refractivity contribution in [1.29, 1.82) is 0 Å². The molecule has 0 aliphatic carbocycles. The van der Waals surface area contributed by atoms with Crippen molar-refractivity contribution in [2.24, 2.45) is 0 Å². The maximum Gasteiger partial charge on any atom is 1.00 e. The minimum absolute atomic E-state index is 0. The minimum atomic E-state index is -2.19. The van der Waals surface area contributed by atoms with E-state index in [2.05, 4.69) is 39.9 Å². The van der Waals surface area contributed by atoms with E-state index in [1.165, 1.54) is 0 Å². The third kappa shape index (κ3) is 26.3. The van der Waals surface area contributed by atoms with E-state index in [0.29, 0.717) is 23.8 Å². The van der Waals surface area contributed by atoms with E-state index in [9.17, 15) is 0 Å². The minimum Gasteiger partial charge on any atom is -0.543 e. The molecule has 12 N–H and O–H groups in total. The van der Waals surface area contributed by atoms with Crippen LogP contribution in [0.15, 0.2) is 24.3 Å². The molecule has 0 unspecified atom stereocenters. The van der Waals surface area contributed by atoms with Gasteiger partial charge in [0.25, 0.3) is 0 Å². The molecule has 18 nitrogen and oxygen atoms in total. The van der Waals surface area contributed by atoms with Crippen LogP contribution in [0.2, 0.25) is 0 Å². The van der Waals surface area contributed by atoms with Gasteiger partial charge in [0.15, 0.2) is 0 Å². The predicted molar refractivity (Wildman–Crippen MR) is 161 cm³/mol. The summed E-state index contributed by atoms with van der Waals surface area (Å²) in [6.07, 6.45) is 0. The summed E-state index contributed by atoms with van der Waals surface area (Å²) in [7, 11) is 0. The van der Waals surface area contributed by atoms with Gasteiger partial charge in [-0.1, -0.05) is 0 Å². The fourth-order valence-corrected chi connectivity index (χ4v) is 3.01. The van der Waals surface area contributed by atoms with Crippen LogP contribution in [0.5, 0.6) is 0 Å². The number of hydrogen-bond acceptors (Lipinski definition) is 16. The molecular weight excluding hydrogens is 792 g/mol. The van der Waals surface area contributed by atoms with Gasteiger partial charge in [-0.05, 0) is 79.7 Å². The summed E-state index contributed by atoms with van der Waals surface area (Å²) in [6.45, 7) is 15.2. The zero-order chi connectivity index (χ0) is 32.6. The van der Waals surface area contributed by atoms with E-state index >= 15 is 0 Å². The largest absolute Gasteiger partial charge is 1.00 e. The van der Waals surface area contributed by atoms with E-state index in [1.807, 2.05) is 79.7 Å². The first-order chi connectivity index (χ1) is 19.4. The Labute approximate surface area is 298 Å². The van der Waals surface area contributed by atoms with Gasteiger partial charge >= 0.3 is 44.8 Å². The van der Waals surface area contributed by atoms with Crippen LogP contribution in [0.25, 0.3) is 0 Å². The maximum absolute atomic E-state index is 8.93. The fourth-order valence-electron chi connectivity index (χ4n) is 3.01. The SMILES string of the molecule is Cc1cc(C)nc(N)n1.Cc1cc(C)nc(N)n1.Cc1cc(C)nc(N)n1.Cc1cc(C)nc(N)n1.O.O.O=C([O-])C(=O)[O-].[Ag+].[Ag+]. The number of nitrogen functional groups attached to an aromatic ring is 4. The molecular formula is C26H40Ag2N12O6. The van der Waals surface area contributed by atoms with E-state index in [1.54, 1.807) is 0 Å². The van der Waals surface area contributed by atoms with Crippen LogP contribution in [-0.2, 0) is 54.3 Å². The van der Waals surface area contributed by atoms with E-state index in [0.717, 1.165) is 45.6 Å². The zero-order valence-electron chi connectivity index (χ0n) is 26.4. The smallest absolute Gasteiger partial charge is 0.543 e. The van der Waals surface area contributed by atoms with Gasteiger partial charge in [-0.3, -0.25) is 0 Å². The zero-order valence-corrected chi connectivity index (χ0v) is 29.4. The summed E-state index contributed by atoms with van der Waals surface area (Å²) in [5, 5.41) is 17.9. The van der Waals surface area contributed by atoms with Crippen molar-refractivity contribution in [3.8, 4) is 0 Å². The van der Waals surface area contributed by atoms with Crippen molar-refractivity contribution >= 4 is 35.7 Å². The van der Waals surface area contributed by atoms with Gasteiger partial charge in [-0.2, -0.15) is 0 Å². The first kappa shape index (κ1) is 51.4. The molecule has 4 aromatic rings. The molecule has 0 aliphatic heterocycles. The number of carbonyl (C=O) groups excluding carboxylic acids is 2. The number of rotatable bonds is 0. The Morgan fingerprint density at radius 2 is 0.522 bits per heavy atom. The Hall–Kier alpha value is -4.14. The Bertz CT molecular complexity index is 1090. The van der Waals surface area contributed by atoms with Crippen LogP contribution in [0.3, 0.4) is 0 Å². The van der Waals surface area contributed by atoms with Crippen molar-refractivity contribution in [1.82, 2.24) is 39.9 Å². The first-order valence-electron chi connectivity index (χ1n) is 12.1. The molecule has 4 aromatic heterocycles.